The van der Waals surface area contributed by atoms with Crippen LogP contribution in [0.1, 0.15) is 6.92 Å². The Kier molecular flexibility index (Phi) is 4.67. The summed E-state index contributed by atoms with van der Waals surface area (Å²) in [5, 5.41) is 13.3. The van der Waals surface area contributed by atoms with Crippen molar-refractivity contribution in [3.8, 4) is 5.75 Å². The summed E-state index contributed by atoms with van der Waals surface area (Å²) < 4.78 is 18.1. The van der Waals surface area contributed by atoms with E-state index in [0.29, 0.717) is 5.75 Å². The number of hydrogen-bond donors (Lipinski definition) is 1. The number of rotatable bonds is 5. The van der Waals surface area contributed by atoms with Gasteiger partial charge in [0.05, 0.1) is 4.92 Å². The smallest absolute Gasteiger partial charge is 0.292 e. The summed E-state index contributed by atoms with van der Waals surface area (Å²) in [4.78, 5) is 22.3. The minimum Gasteiger partial charge on any atom is -0.481 e. The summed E-state index contributed by atoms with van der Waals surface area (Å²) in [5.41, 5.74) is -0.114. The second-order valence-corrected chi connectivity index (χ2v) is 4.48. The predicted octanol–water partition coefficient (Wildman–Crippen LogP) is 3.14. The lowest BCUT2D eigenvalue weighted by Crippen LogP contribution is -2.30. The topological polar surface area (TPSA) is 81.5 Å². The largest absolute Gasteiger partial charge is 0.481 e. The lowest BCUT2D eigenvalue weighted by Gasteiger charge is -2.14. The maximum absolute atomic E-state index is 12.8. The third-order valence-corrected chi connectivity index (χ3v) is 2.85. The number of nitrogens with zero attached hydrogens (tertiary/aromatic N) is 1. The van der Waals surface area contributed by atoms with Crippen LogP contribution in [0, 0.1) is 15.9 Å². The molecule has 0 unspecified atom stereocenters. The van der Waals surface area contributed by atoms with E-state index in [0.717, 1.165) is 0 Å². The van der Waals surface area contributed by atoms with Crippen LogP contribution in [0.4, 0.5) is 15.8 Å². The van der Waals surface area contributed by atoms with Crippen molar-refractivity contribution in [2.75, 3.05) is 5.32 Å². The fourth-order valence-corrected chi connectivity index (χ4v) is 1.74. The number of nitrogens with one attached hydrogen (secondary N) is 1. The van der Waals surface area contributed by atoms with E-state index in [1.807, 2.05) is 0 Å². The first-order chi connectivity index (χ1) is 10.5. The van der Waals surface area contributed by atoms with Gasteiger partial charge in [0.1, 0.15) is 17.3 Å². The molecule has 2 aromatic carbocycles. The third-order valence-electron chi connectivity index (χ3n) is 2.85. The molecule has 22 heavy (non-hydrogen) atoms. The van der Waals surface area contributed by atoms with E-state index >= 15 is 0 Å². The second kappa shape index (κ2) is 6.66. The molecule has 0 spiro atoms. The maximum Gasteiger partial charge on any atom is 0.292 e. The highest BCUT2D eigenvalue weighted by Crippen LogP contribution is 2.23. The SMILES string of the molecule is C[C@@H](Oc1ccc(F)cc1)C(=O)Nc1ccccc1[N+](=O)[O-]. The number of carbonyl (C=O) groups is 1. The van der Waals surface area contributed by atoms with Crippen LogP contribution in [0.25, 0.3) is 0 Å². The van der Waals surface area contributed by atoms with Gasteiger partial charge in [0.15, 0.2) is 6.10 Å². The Morgan fingerprint density at radius 1 is 1.23 bits per heavy atom. The lowest BCUT2D eigenvalue weighted by molar-refractivity contribution is -0.383. The molecule has 2 aromatic rings. The van der Waals surface area contributed by atoms with Crippen LogP contribution in [0.5, 0.6) is 5.75 Å². The molecule has 0 aliphatic heterocycles. The molecule has 0 fully saturated rings. The average Bonchev–Trinajstić information content (AvgIpc) is 2.49. The number of ether oxygens (including phenoxy) is 1. The fourth-order valence-electron chi connectivity index (χ4n) is 1.74. The summed E-state index contributed by atoms with van der Waals surface area (Å²) in [6.07, 6.45) is -0.898. The van der Waals surface area contributed by atoms with Gasteiger partial charge in [-0.05, 0) is 37.3 Å². The van der Waals surface area contributed by atoms with Gasteiger partial charge in [-0.15, -0.1) is 0 Å². The number of nitro benzene ring substituents is 1. The highest BCUT2D eigenvalue weighted by atomic mass is 19.1. The Labute approximate surface area is 125 Å². The molecular weight excluding hydrogens is 291 g/mol. The molecule has 0 heterocycles. The molecule has 0 bridgehead atoms. The van der Waals surface area contributed by atoms with Gasteiger partial charge in [0, 0.05) is 6.07 Å². The number of para-hydroxylation sites is 2. The summed E-state index contributed by atoms with van der Waals surface area (Å²) in [6, 6.07) is 11.0. The number of halogens is 1. The standard InChI is InChI=1S/C15H13FN2O4/c1-10(22-12-8-6-11(16)7-9-12)15(19)17-13-4-2-3-5-14(13)18(20)21/h2-10H,1H3,(H,17,19)/t10-/m1/s1. The molecule has 6 nitrogen and oxygen atoms in total. The Morgan fingerprint density at radius 2 is 1.86 bits per heavy atom. The minimum atomic E-state index is -0.898. The Hall–Kier alpha value is -2.96. The van der Waals surface area contributed by atoms with E-state index in [4.69, 9.17) is 4.74 Å². The van der Waals surface area contributed by atoms with Gasteiger partial charge in [-0.2, -0.15) is 0 Å². The predicted molar refractivity (Wildman–Crippen MR) is 78.2 cm³/mol. The van der Waals surface area contributed by atoms with Crippen molar-refractivity contribution in [3.63, 3.8) is 0 Å². The van der Waals surface area contributed by atoms with E-state index in [1.165, 1.54) is 49.4 Å². The number of carbonyl (C=O) groups excluding carboxylic acids is 1. The normalized spacial score (nSPS) is 11.5. The van der Waals surface area contributed by atoms with Gasteiger partial charge in [-0.3, -0.25) is 14.9 Å². The average molecular weight is 304 g/mol. The molecular formula is C15H13FN2O4. The zero-order chi connectivity index (χ0) is 16.1. The van der Waals surface area contributed by atoms with E-state index in [1.54, 1.807) is 6.07 Å². The first-order valence-electron chi connectivity index (χ1n) is 6.44. The van der Waals surface area contributed by atoms with E-state index in [2.05, 4.69) is 5.32 Å². The number of nitro groups is 1. The number of anilines is 1. The first-order valence-corrected chi connectivity index (χ1v) is 6.44. The molecule has 1 N–H and O–H groups in total. The summed E-state index contributed by atoms with van der Waals surface area (Å²) in [7, 11) is 0. The minimum absolute atomic E-state index is 0.0899. The number of benzene rings is 2. The molecule has 0 aliphatic rings. The van der Waals surface area contributed by atoms with Gasteiger partial charge in [-0.25, -0.2) is 4.39 Å². The summed E-state index contributed by atoms with van der Waals surface area (Å²) >= 11 is 0. The zero-order valence-corrected chi connectivity index (χ0v) is 11.7. The zero-order valence-electron chi connectivity index (χ0n) is 11.7. The Balaban J connectivity index is 2.05. The molecule has 0 saturated carbocycles. The molecule has 0 aliphatic carbocycles. The third kappa shape index (κ3) is 3.78. The van der Waals surface area contributed by atoms with E-state index in [-0.39, 0.29) is 11.4 Å². The van der Waals surface area contributed by atoms with Gasteiger partial charge in [0.2, 0.25) is 0 Å². The molecule has 1 atom stereocenters. The highest BCUT2D eigenvalue weighted by molar-refractivity contribution is 5.96. The van der Waals surface area contributed by atoms with Crippen molar-refractivity contribution in [1.29, 1.82) is 0 Å². The molecule has 2 rings (SSSR count). The van der Waals surface area contributed by atoms with Gasteiger partial charge in [0.25, 0.3) is 11.6 Å². The summed E-state index contributed by atoms with van der Waals surface area (Å²) in [6.45, 7) is 1.49. The highest BCUT2D eigenvalue weighted by Gasteiger charge is 2.19. The van der Waals surface area contributed by atoms with Crippen molar-refractivity contribution in [3.05, 3.63) is 64.5 Å². The van der Waals surface area contributed by atoms with Crippen molar-refractivity contribution in [2.45, 2.75) is 13.0 Å². The molecule has 114 valence electrons. The van der Waals surface area contributed by atoms with Crippen LogP contribution in [-0.4, -0.2) is 16.9 Å². The van der Waals surface area contributed by atoms with Crippen LogP contribution < -0.4 is 10.1 Å². The lowest BCUT2D eigenvalue weighted by atomic mass is 10.2. The van der Waals surface area contributed by atoms with Crippen LogP contribution >= 0.6 is 0 Å². The molecule has 7 heteroatoms. The van der Waals surface area contributed by atoms with Crippen LogP contribution in [0.2, 0.25) is 0 Å². The van der Waals surface area contributed by atoms with Gasteiger partial charge in [-0.1, -0.05) is 12.1 Å². The number of amides is 1. The monoisotopic (exact) mass is 304 g/mol. The molecule has 1 amide bonds. The molecule has 0 aromatic heterocycles. The van der Waals surface area contributed by atoms with Crippen LogP contribution in [-0.2, 0) is 4.79 Å². The Morgan fingerprint density at radius 3 is 2.50 bits per heavy atom. The van der Waals surface area contributed by atoms with E-state index in [9.17, 15) is 19.3 Å². The van der Waals surface area contributed by atoms with Gasteiger partial charge < -0.3 is 10.1 Å². The number of hydrogen-bond acceptors (Lipinski definition) is 4. The van der Waals surface area contributed by atoms with Crippen molar-refractivity contribution in [2.24, 2.45) is 0 Å². The fraction of sp³-hybridized carbons (Fsp3) is 0.133. The molecule has 0 saturated heterocycles. The second-order valence-electron chi connectivity index (χ2n) is 4.48. The summed E-state index contributed by atoms with van der Waals surface area (Å²) in [5.74, 6) is -0.630. The van der Waals surface area contributed by atoms with Crippen molar-refractivity contribution >= 4 is 17.3 Å². The van der Waals surface area contributed by atoms with Crippen molar-refractivity contribution < 1.29 is 18.8 Å². The quantitative estimate of drug-likeness (QED) is 0.679. The first kappa shape index (κ1) is 15.4. The van der Waals surface area contributed by atoms with Crippen LogP contribution in [0.3, 0.4) is 0 Å². The van der Waals surface area contributed by atoms with Crippen LogP contribution in [0.15, 0.2) is 48.5 Å². The van der Waals surface area contributed by atoms with E-state index < -0.39 is 22.8 Å². The maximum atomic E-state index is 12.8. The Bertz CT molecular complexity index is 688. The molecule has 0 radical (unpaired) electrons. The van der Waals surface area contributed by atoms with Crippen molar-refractivity contribution in [1.82, 2.24) is 0 Å². The van der Waals surface area contributed by atoms with Gasteiger partial charge >= 0.3 is 0 Å².